The van der Waals surface area contributed by atoms with Gasteiger partial charge in [-0.25, -0.2) is 4.39 Å². The van der Waals surface area contributed by atoms with Gasteiger partial charge in [0.15, 0.2) is 5.78 Å². The highest BCUT2D eigenvalue weighted by Crippen LogP contribution is 2.27. The van der Waals surface area contributed by atoms with Crippen molar-refractivity contribution in [2.24, 2.45) is 0 Å². The fourth-order valence-electron chi connectivity index (χ4n) is 4.07. The number of halogens is 1. The largest absolute Gasteiger partial charge is 0.321 e. The summed E-state index contributed by atoms with van der Waals surface area (Å²) < 4.78 is 14.9. The van der Waals surface area contributed by atoms with Crippen LogP contribution in [-0.4, -0.2) is 21.2 Å². The van der Waals surface area contributed by atoms with Crippen molar-refractivity contribution in [2.75, 3.05) is 5.32 Å². The Morgan fingerprint density at radius 3 is 2.56 bits per heavy atom. The van der Waals surface area contributed by atoms with E-state index in [4.69, 9.17) is 0 Å². The molecule has 2 aromatic heterocycles. The fraction of sp³-hybridized carbons (Fsp3) is 0.259. The van der Waals surface area contributed by atoms with E-state index in [2.05, 4.69) is 16.4 Å². The molecule has 34 heavy (non-hydrogen) atoms. The predicted molar refractivity (Wildman–Crippen MR) is 129 cm³/mol. The molecule has 1 aliphatic rings. The van der Waals surface area contributed by atoms with Gasteiger partial charge >= 0.3 is 0 Å². The molecular formula is C27H26FN3O3. The standard InChI is InChI=1S/C27H26FN3O3/c1-2-25(32)30-23-12-13-24(19-6-4-3-5-7-19)31(27(23)34)17-18-14-21(16-29-15-18)26(33)20-8-10-22(28)11-9-20/h6,8-16H,2-5,7,17H2,1H3,(H,30,32). The van der Waals surface area contributed by atoms with Gasteiger partial charge < -0.3 is 9.88 Å². The van der Waals surface area contributed by atoms with Crippen molar-refractivity contribution < 1.29 is 14.0 Å². The van der Waals surface area contributed by atoms with E-state index in [-0.39, 0.29) is 35.9 Å². The Labute approximate surface area is 197 Å². The van der Waals surface area contributed by atoms with E-state index in [1.54, 1.807) is 29.8 Å². The lowest BCUT2D eigenvalue weighted by Gasteiger charge is -2.20. The van der Waals surface area contributed by atoms with Crippen LogP contribution in [-0.2, 0) is 11.3 Å². The number of aromatic nitrogens is 2. The average Bonchev–Trinajstić information content (AvgIpc) is 2.87. The second kappa shape index (κ2) is 10.4. The van der Waals surface area contributed by atoms with E-state index in [0.717, 1.165) is 37.0 Å². The second-order valence-electron chi connectivity index (χ2n) is 8.32. The minimum Gasteiger partial charge on any atom is -0.321 e. The van der Waals surface area contributed by atoms with Crippen molar-refractivity contribution in [1.82, 2.24) is 9.55 Å². The molecule has 0 unspecified atom stereocenters. The molecule has 0 saturated heterocycles. The molecule has 0 spiro atoms. The number of pyridine rings is 2. The SMILES string of the molecule is CCC(=O)Nc1ccc(C2=CCCCC2)n(Cc2cncc(C(=O)c3ccc(F)cc3)c2)c1=O. The highest BCUT2D eigenvalue weighted by atomic mass is 19.1. The lowest BCUT2D eigenvalue weighted by molar-refractivity contribution is -0.115. The topological polar surface area (TPSA) is 81.1 Å². The van der Waals surface area contributed by atoms with E-state index >= 15 is 0 Å². The van der Waals surface area contributed by atoms with Crippen LogP contribution in [0.25, 0.3) is 5.57 Å². The Kier molecular flexibility index (Phi) is 7.11. The van der Waals surface area contributed by atoms with Gasteiger partial charge in [-0.1, -0.05) is 13.0 Å². The molecule has 0 fully saturated rings. The molecule has 3 aromatic rings. The zero-order valence-electron chi connectivity index (χ0n) is 19.0. The first-order chi connectivity index (χ1) is 16.5. The Morgan fingerprint density at radius 2 is 1.85 bits per heavy atom. The summed E-state index contributed by atoms with van der Waals surface area (Å²) in [4.78, 5) is 42.4. The van der Waals surface area contributed by atoms with E-state index in [1.807, 2.05) is 6.07 Å². The first kappa shape index (κ1) is 23.3. The lowest BCUT2D eigenvalue weighted by atomic mass is 9.96. The molecule has 4 rings (SSSR count). The molecule has 0 aliphatic heterocycles. The van der Waals surface area contributed by atoms with Gasteiger partial charge in [0.05, 0.1) is 6.54 Å². The molecule has 0 radical (unpaired) electrons. The number of nitrogens with one attached hydrogen (secondary N) is 1. The summed E-state index contributed by atoms with van der Waals surface area (Å²) in [5.41, 5.74) is 3.20. The van der Waals surface area contributed by atoms with Gasteiger partial charge in [0.25, 0.3) is 5.56 Å². The summed E-state index contributed by atoms with van der Waals surface area (Å²) in [6.07, 6.45) is 9.51. The minimum absolute atomic E-state index is 0.193. The number of rotatable bonds is 7. The van der Waals surface area contributed by atoms with E-state index in [0.29, 0.717) is 16.7 Å². The Balaban J connectivity index is 1.71. The van der Waals surface area contributed by atoms with Crippen LogP contribution < -0.4 is 10.9 Å². The van der Waals surface area contributed by atoms with Gasteiger partial charge in [-0.05, 0) is 79.3 Å². The van der Waals surface area contributed by atoms with Gasteiger partial charge in [0.1, 0.15) is 11.5 Å². The van der Waals surface area contributed by atoms with Crippen LogP contribution in [0.2, 0.25) is 0 Å². The van der Waals surface area contributed by atoms with Crippen LogP contribution >= 0.6 is 0 Å². The molecule has 0 saturated carbocycles. The van der Waals surface area contributed by atoms with Gasteiger partial charge in [0, 0.05) is 35.6 Å². The van der Waals surface area contributed by atoms with Crippen molar-refractivity contribution in [3.05, 3.63) is 99.5 Å². The summed E-state index contributed by atoms with van der Waals surface area (Å²) in [6.45, 7) is 1.92. The van der Waals surface area contributed by atoms with Gasteiger partial charge in [-0.15, -0.1) is 0 Å². The van der Waals surface area contributed by atoms with Crippen molar-refractivity contribution in [3.8, 4) is 0 Å². The number of amides is 1. The van der Waals surface area contributed by atoms with Gasteiger partial charge in [0.2, 0.25) is 5.91 Å². The number of hydrogen-bond donors (Lipinski definition) is 1. The van der Waals surface area contributed by atoms with Crippen LogP contribution in [0.1, 0.15) is 66.2 Å². The average molecular weight is 460 g/mol. The highest BCUT2D eigenvalue weighted by Gasteiger charge is 2.17. The van der Waals surface area contributed by atoms with Gasteiger partial charge in [-0.2, -0.15) is 0 Å². The monoisotopic (exact) mass is 459 g/mol. The van der Waals surface area contributed by atoms with Crippen molar-refractivity contribution in [3.63, 3.8) is 0 Å². The summed E-state index contributed by atoms with van der Waals surface area (Å²) in [6, 6.07) is 10.6. The minimum atomic E-state index is -0.414. The number of ketones is 1. The molecule has 0 atom stereocenters. The fourth-order valence-corrected chi connectivity index (χ4v) is 4.07. The summed E-state index contributed by atoms with van der Waals surface area (Å²) >= 11 is 0. The second-order valence-corrected chi connectivity index (χ2v) is 8.32. The van der Waals surface area contributed by atoms with Crippen molar-refractivity contribution in [1.29, 1.82) is 0 Å². The number of hydrogen-bond acceptors (Lipinski definition) is 4. The summed E-state index contributed by atoms with van der Waals surface area (Å²) in [5, 5.41) is 2.68. The first-order valence-corrected chi connectivity index (χ1v) is 11.4. The molecule has 1 aliphatic carbocycles. The van der Waals surface area contributed by atoms with Gasteiger partial charge in [-0.3, -0.25) is 19.4 Å². The van der Waals surface area contributed by atoms with Crippen LogP contribution in [0, 0.1) is 5.82 Å². The quantitative estimate of drug-likeness (QED) is 0.506. The van der Waals surface area contributed by atoms with Crippen LogP contribution in [0.5, 0.6) is 0 Å². The highest BCUT2D eigenvalue weighted by molar-refractivity contribution is 6.08. The zero-order valence-corrected chi connectivity index (χ0v) is 19.0. The molecule has 1 N–H and O–H groups in total. The van der Waals surface area contributed by atoms with Crippen LogP contribution in [0.3, 0.4) is 0 Å². The molecule has 0 bridgehead atoms. The molecule has 1 amide bonds. The van der Waals surface area contributed by atoms with E-state index in [1.165, 1.54) is 30.5 Å². The zero-order chi connectivity index (χ0) is 24.1. The third kappa shape index (κ3) is 5.20. The maximum atomic E-state index is 13.4. The number of carbonyl (C=O) groups is 2. The molecule has 7 heteroatoms. The van der Waals surface area contributed by atoms with Crippen molar-refractivity contribution >= 4 is 23.0 Å². The Bertz CT molecular complexity index is 1310. The van der Waals surface area contributed by atoms with Crippen LogP contribution in [0.15, 0.2) is 65.7 Å². The summed E-state index contributed by atoms with van der Waals surface area (Å²) in [5.74, 6) is -0.926. The Hall–Kier alpha value is -3.87. The number of anilines is 1. The molecule has 1 aromatic carbocycles. The number of carbonyl (C=O) groups excluding carboxylic acids is 2. The van der Waals surface area contributed by atoms with E-state index < -0.39 is 5.82 Å². The lowest BCUT2D eigenvalue weighted by Crippen LogP contribution is -2.28. The Morgan fingerprint density at radius 1 is 1.06 bits per heavy atom. The smallest absolute Gasteiger partial charge is 0.275 e. The maximum Gasteiger partial charge on any atom is 0.275 e. The number of allylic oxidation sites excluding steroid dienone is 2. The van der Waals surface area contributed by atoms with Crippen LogP contribution in [0.4, 0.5) is 10.1 Å². The third-order valence-electron chi connectivity index (χ3n) is 5.89. The predicted octanol–water partition coefficient (Wildman–Crippen LogP) is 4.97. The van der Waals surface area contributed by atoms with E-state index in [9.17, 15) is 18.8 Å². The maximum absolute atomic E-state index is 13.4. The molecule has 2 heterocycles. The summed E-state index contributed by atoms with van der Waals surface area (Å²) in [7, 11) is 0. The normalized spacial score (nSPS) is 13.3. The molecule has 6 nitrogen and oxygen atoms in total. The third-order valence-corrected chi connectivity index (χ3v) is 5.89. The molecular weight excluding hydrogens is 433 g/mol. The first-order valence-electron chi connectivity index (χ1n) is 11.4. The number of nitrogens with zero attached hydrogens (tertiary/aromatic N) is 2. The molecule has 174 valence electrons. The number of benzene rings is 1. The van der Waals surface area contributed by atoms with Crippen molar-refractivity contribution in [2.45, 2.75) is 45.6 Å².